The molecule has 0 aromatic carbocycles. The Bertz CT molecular complexity index is 344. The van der Waals surface area contributed by atoms with Gasteiger partial charge in [0.2, 0.25) is 0 Å². The van der Waals surface area contributed by atoms with Crippen molar-refractivity contribution in [2.75, 3.05) is 6.54 Å². The van der Waals surface area contributed by atoms with E-state index in [0.29, 0.717) is 13.1 Å². The number of urea groups is 1. The van der Waals surface area contributed by atoms with E-state index in [0.717, 1.165) is 23.5 Å². The highest BCUT2D eigenvalue weighted by Gasteiger charge is 2.00. The Morgan fingerprint density at radius 3 is 2.93 bits per heavy atom. The molecule has 0 bridgehead atoms. The van der Waals surface area contributed by atoms with Crippen LogP contribution in [0.5, 0.6) is 0 Å². The number of carbonyl (C=O) groups excluding carboxylic acids is 1. The molecule has 14 heavy (non-hydrogen) atoms. The van der Waals surface area contributed by atoms with Gasteiger partial charge in [0.25, 0.3) is 0 Å². The van der Waals surface area contributed by atoms with Crippen LogP contribution < -0.4 is 15.5 Å². The van der Waals surface area contributed by atoms with Gasteiger partial charge < -0.3 is 15.6 Å². The van der Waals surface area contributed by atoms with E-state index in [-0.39, 0.29) is 10.9 Å². The molecular weight excluding hydrogens is 202 g/mol. The summed E-state index contributed by atoms with van der Waals surface area (Å²) in [7, 11) is 0. The van der Waals surface area contributed by atoms with Crippen LogP contribution in [0.4, 0.5) is 4.79 Å². The smallest absolute Gasteiger partial charge is 0.315 e. The third-order valence-electron chi connectivity index (χ3n) is 1.55. The maximum absolute atomic E-state index is 11.1. The number of amides is 2. The maximum Gasteiger partial charge on any atom is 0.315 e. The zero-order valence-corrected chi connectivity index (χ0v) is 8.74. The second-order valence-corrected chi connectivity index (χ2v) is 3.63. The van der Waals surface area contributed by atoms with Crippen LogP contribution >= 0.6 is 11.3 Å². The van der Waals surface area contributed by atoms with Crippen LogP contribution in [0, 0.1) is 0 Å². The number of hydrogen-bond acceptors (Lipinski definition) is 3. The van der Waals surface area contributed by atoms with Crippen molar-refractivity contribution in [2.24, 2.45) is 0 Å². The van der Waals surface area contributed by atoms with Crippen LogP contribution in [0.1, 0.15) is 19.0 Å². The standard InChI is InChI=1S/C8H13N3O2S/c1-2-3-9-7(12)10-4-6-5-14-8(13)11-6/h5H,2-4H2,1H3,(H,11,13)(H2,9,10,12). The fourth-order valence-corrected chi connectivity index (χ4v) is 1.46. The minimum Gasteiger partial charge on any atom is -0.338 e. The number of hydrogen-bond donors (Lipinski definition) is 3. The van der Waals surface area contributed by atoms with Crippen LogP contribution in [0.2, 0.25) is 0 Å². The zero-order valence-electron chi connectivity index (χ0n) is 7.92. The molecule has 1 rings (SSSR count). The molecule has 6 heteroatoms. The molecule has 0 aliphatic heterocycles. The van der Waals surface area contributed by atoms with Gasteiger partial charge >= 0.3 is 10.9 Å². The Balaban J connectivity index is 2.27. The fourth-order valence-electron chi connectivity index (χ4n) is 0.877. The van der Waals surface area contributed by atoms with E-state index in [1.807, 2.05) is 6.92 Å². The summed E-state index contributed by atoms with van der Waals surface area (Å²) in [5, 5.41) is 7.00. The highest BCUT2D eigenvalue weighted by molar-refractivity contribution is 7.07. The monoisotopic (exact) mass is 215 g/mol. The first-order chi connectivity index (χ1) is 6.72. The topological polar surface area (TPSA) is 74.0 Å². The van der Waals surface area contributed by atoms with Gasteiger partial charge in [-0.1, -0.05) is 18.3 Å². The van der Waals surface area contributed by atoms with E-state index < -0.39 is 0 Å². The molecule has 0 spiro atoms. The average molecular weight is 215 g/mol. The Labute approximate surface area is 85.5 Å². The van der Waals surface area contributed by atoms with Crippen molar-refractivity contribution in [3.63, 3.8) is 0 Å². The molecule has 0 saturated heterocycles. The molecule has 1 heterocycles. The first-order valence-corrected chi connectivity index (χ1v) is 5.28. The van der Waals surface area contributed by atoms with Gasteiger partial charge in [-0.15, -0.1) is 0 Å². The summed E-state index contributed by atoms with van der Waals surface area (Å²) in [6.45, 7) is 3.00. The van der Waals surface area contributed by atoms with Gasteiger partial charge in [-0.25, -0.2) is 4.79 Å². The molecule has 0 aliphatic rings. The number of rotatable bonds is 4. The van der Waals surface area contributed by atoms with Crippen molar-refractivity contribution in [3.05, 3.63) is 20.7 Å². The third kappa shape index (κ3) is 3.61. The number of nitrogens with one attached hydrogen (secondary N) is 3. The minimum absolute atomic E-state index is 0.101. The van der Waals surface area contributed by atoms with Gasteiger partial charge in [0.1, 0.15) is 0 Å². The second-order valence-electron chi connectivity index (χ2n) is 2.78. The fraction of sp³-hybridized carbons (Fsp3) is 0.500. The maximum atomic E-state index is 11.1. The Hall–Kier alpha value is -1.30. The first-order valence-electron chi connectivity index (χ1n) is 4.40. The predicted octanol–water partition coefficient (Wildman–Crippen LogP) is 0.646. The van der Waals surface area contributed by atoms with Crippen molar-refractivity contribution in [1.29, 1.82) is 0 Å². The largest absolute Gasteiger partial charge is 0.338 e. The molecule has 1 aromatic rings. The number of carbonyl (C=O) groups is 1. The predicted molar refractivity (Wildman–Crippen MR) is 55.5 cm³/mol. The lowest BCUT2D eigenvalue weighted by atomic mass is 10.5. The van der Waals surface area contributed by atoms with E-state index in [4.69, 9.17) is 0 Å². The first kappa shape index (κ1) is 10.8. The van der Waals surface area contributed by atoms with Crippen molar-refractivity contribution in [1.82, 2.24) is 15.6 Å². The molecule has 78 valence electrons. The molecule has 0 fully saturated rings. The molecule has 3 N–H and O–H groups in total. The molecule has 0 radical (unpaired) electrons. The molecule has 0 unspecified atom stereocenters. The van der Waals surface area contributed by atoms with E-state index in [9.17, 15) is 9.59 Å². The van der Waals surface area contributed by atoms with Crippen molar-refractivity contribution in [2.45, 2.75) is 19.9 Å². The van der Waals surface area contributed by atoms with Gasteiger partial charge in [0.15, 0.2) is 0 Å². The SMILES string of the molecule is CCCNC(=O)NCc1csc(=O)[nH]1. The summed E-state index contributed by atoms with van der Waals surface area (Å²) in [6, 6.07) is -0.209. The lowest BCUT2D eigenvalue weighted by Gasteiger charge is -2.04. The average Bonchev–Trinajstić information content (AvgIpc) is 2.58. The zero-order chi connectivity index (χ0) is 10.4. The second kappa shape index (κ2) is 5.43. The molecule has 0 aliphatic carbocycles. The summed E-state index contributed by atoms with van der Waals surface area (Å²) in [6.07, 6.45) is 0.905. The van der Waals surface area contributed by atoms with Gasteiger partial charge in [0.05, 0.1) is 6.54 Å². The lowest BCUT2D eigenvalue weighted by molar-refractivity contribution is 0.240. The summed E-state index contributed by atoms with van der Waals surface area (Å²) in [5.74, 6) is 0. The highest BCUT2D eigenvalue weighted by atomic mass is 32.1. The molecule has 2 amide bonds. The van der Waals surface area contributed by atoms with Gasteiger partial charge in [-0.2, -0.15) is 0 Å². The Morgan fingerprint density at radius 1 is 1.57 bits per heavy atom. The molecule has 5 nitrogen and oxygen atoms in total. The molecule has 1 aromatic heterocycles. The minimum atomic E-state index is -0.209. The number of H-pyrrole nitrogens is 1. The normalized spacial score (nSPS) is 9.79. The summed E-state index contributed by atoms with van der Waals surface area (Å²) in [5.41, 5.74) is 0.728. The van der Waals surface area contributed by atoms with Gasteiger partial charge in [-0.05, 0) is 6.42 Å². The third-order valence-corrected chi connectivity index (χ3v) is 2.26. The van der Waals surface area contributed by atoms with E-state index in [1.54, 1.807) is 5.38 Å². The van der Waals surface area contributed by atoms with Crippen LogP contribution in [0.25, 0.3) is 0 Å². The quantitative estimate of drug-likeness (QED) is 0.689. The van der Waals surface area contributed by atoms with Crippen LogP contribution in [0.3, 0.4) is 0 Å². The van der Waals surface area contributed by atoms with Crippen LogP contribution in [0.15, 0.2) is 10.2 Å². The molecule has 0 saturated carbocycles. The van der Waals surface area contributed by atoms with E-state index in [1.165, 1.54) is 0 Å². The summed E-state index contributed by atoms with van der Waals surface area (Å²) < 4.78 is 0. The Kier molecular flexibility index (Phi) is 4.18. The van der Waals surface area contributed by atoms with Crippen LogP contribution in [-0.4, -0.2) is 17.6 Å². The van der Waals surface area contributed by atoms with Crippen LogP contribution in [-0.2, 0) is 6.54 Å². The molecule has 0 atom stereocenters. The number of thiazole rings is 1. The Morgan fingerprint density at radius 2 is 2.36 bits per heavy atom. The summed E-state index contributed by atoms with van der Waals surface area (Å²) in [4.78, 5) is 24.3. The van der Waals surface area contributed by atoms with E-state index >= 15 is 0 Å². The number of aromatic nitrogens is 1. The lowest BCUT2D eigenvalue weighted by Crippen LogP contribution is -2.35. The highest BCUT2D eigenvalue weighted by Crippen LogP contribution is 1.93. The van der Waals surface area contributed by atoms with E-state index in [2.05, 4.69) is 15.6 Å². The van der Waals surface area contributed by atoms with Crippen molar-refractivity contribution >= 4 is 17.4 Å². The van der Waals surface area contributed by atoms with Crippen molar-refractivity contribution in [3.8, 4) is 0 Å². The number of aromatic amines is 1. The van der Waals surface area contributed by atoms with Crippen molar-refractivity contribution < 1.29 is 4.79 Å². The van der Waals surface area contributed by atoms with Gasteiger partial charge in [-0.3, -0.25) is 4.79 Å². The summed E-state index contributed by atoms with van der Waals surface area (Å²) >= 11 is 1.09. The van der Waals surface area contributed by atoms with Gasteiger partial charge in [0, 0.05) is 17.6 Å². The molecular formula is C8H13N3O2S.